The van der Waals surface area contributed by atoms with Gasteiger partial charge in [0.1, 0.15) is 6.61 Å². The summed E-state index contributed by atoms with van der Waals surface area (Å²) >= 11 is 0. The first-order chi connectivity index (χ1) is 6.67. The fourth-order valence-corrected chi connectivity index (χ4v) is 0.506. The highest BCUT2D eigenvalue weighted by atomic mass is 16.6. The van der Waals surface area contributed by atoms with Gasteiger partial charge < -0.3 is 14.3 Å². The maximum atomic E-state index is 10.9. The number of nitrogens with zero attached hydrogens (tertiary/aromatic N) is 1. The monoisotopic (exact) mass is 201 g/mol. The van der Waals surface area contributed by atoms with Gasteiger partial charge in [-0.1, -0.05) is 17.8 Å². The van der Waals surface area contributed by atoms with Crippen molar-refractivity contribution in [3.63, 3.8) is 0 Å². The number of carbonyl (C=O) groups is 2. The molecule has 14 heavy (non-hydrogen) atoms. The Morgan fingerprint density at radius 3 is 2.14 bits per heavy atom. The summed E-state index contributed by atoms with van der Waals surface area (Å²) in [4.78, 5) is 26.5. The molecule has 78 valence electrons. The molecular weight excluding hydrogens is 190 g/mol. The molecule has 0 radical (unpaired) electrons. The van der Waals surface area contributed by atoms with E-state index in [4.69, 9.17) is 0 Å². The summed E-state index contributed by atoms with van der Waals surface area (Å²) in [6.07, 6.45) is 1.41. The molecule has 6 heteroatoms. The van der Waals surface area contributed by atoms with Gasteiger partial charge in [-0.05, 0) is 0 Å². The lowest BCUT2D eigenvalue weighted by atomic mass is 10.4. The zero-order valence-electron chi connectivity index (χ0n) is 7.98. The molecule has 0 aromatic carbocycles. The van der Waals surface area contributed by atoms with Crippen LogP contribution in [0.15, 0.2) is 17.8 Å². The molecule has 0 amide bonds. The molecule has 0 saturated heterocycles. The number of hydrogen-bond donors (Lipinski definition) is 0. The van der Waals surface area contributed by atoms with E-state index in [1.165, 1.54) is 6.08 Å². The number of esters is 2. The average molecular weight is 201 g/mol. The molecule has 0 aliphatic carbocycles. The van der Waals surface area contributed by atoms with Gasteiger partial charge in [0.25, 0.3) is 5.71 Å². The number of hydrogen-bond acceptors (Lipinski definition) is 6. The lowest BCUT2D eigenvalue weighted by Crippen LogP contribution is -2.27. The van der Waals surface area contributed by atoms with Crippen molar-refractivity contribution in [1.82, 2.24) is 0 Å². The normalized spacial score (nSPS) is 8.43. The largest absolute Gasteiger partial charge is 0.464 e. The van der Waals surface area contributed by atoms with Crippen LogP contribution in [0.4, 0.5) is 0 Å². The van der Waals surface area contributed by atoms with Gasteiger partial charge in [0.2, 0.25) is 0 Å². The van der Waals surface area contributed by atoms with Crippen molar-refractivity contribution in [2.45, 2.75) is 0 Å². The second-order valence-electron chi connectivity index (χ2n) is 2.01. The number of ether oxygens (including phenoxy) is 2. The van der Waals surface area contributed by atoms with Crippen LogP contribution in [0.2, 0.25) is 0 Å². The van der Waals surface area contributed by atoms with Gasteiger partial charge in [0.15, 0.2) is 0 Å². The van der Waals surface area contributed by atoms with E-state index in [9.17, 15) is 9.59 Å². The van der Waals surface area contributed by atoms with E-state index in [2.05, 4.69) is 26.0 Å². The third-order valence-electron chi connectivity index (χ3n) is 1.11. The summed E-state index contributed by atoms with van der Waals surface area (Å²) in [5.74, 6) is -1.83. The highest BCUT2D eigenvalue weighted by Crippen LogP contribution is 1.90. The first kappa shape index (κ1) is 12.2. The Kier molecular flexibility index (Phi) is 5.77. The molecule has 0 aromatic heterocycles. The molecule has 0 aliphatic heterocycles. The van der Waals surface area contributed by atoms with Gasteiger partial charge in [-0.25, -0.2) is 9.59 Å². The minimum Gasteiger partial charge on any atom is -0.464 e. The second-order valence-corrected chi connectivity index (χ2v) is 2.01. The lowest BCUT2D eigenvalue weighted by Gasteiger charge is -2.01. The zero-order valence-corrected chi connectivity index (χ0v) is 7.98. The van der Waals surface area contributed by atoms with Crippen LogP contribution >= 0.6 is 0 Å². The number of carbonyl (C=O) groups excluding carboxylic acids is 2. The van der Waals surface area contributed by atoms with Crippen molar-refractivity contribution in [2.24, 2.45) is 5.16 Å². The van der Waals surface area contributed by atoms with Crippen molar-refractivity contribution in [1.29, 1.82) is 0 Å². The van der Waals surface area contributed by atoms with Gasteiger partial charge >= 0.3 is 11.9 Å². The Morgan fingerprint density at radius 1 is 1.29 bits per heavy atom. The molecule has 0 spiro atoms. The van der Waals surface area contributed by atoms with Gasteiger partial charge in [-0.15, -0.1) is 0 Å². The van der Waals surface area contributed by atoms with E-state index in [-0.39, 0.29) is 6.61 Å². The van der Waals surface area contributed by atoms with Crippen molar-refractivity contribution in [3.8, 4) is 0 Å². The number of methoxy groups -OCH3 is 2. The van der Waals surface area contributed by atoms with Gasteiger partial charge in [-0.3, -0.25) is 0 Å². The lowest BCUT2D eigenvalue weighted by molar-refractivity contribution is -0.138. The maximum absolute atomic E-state index is 10.9. The SMILES string of the molecule is C=CCON=C(C(=O)OC)C(=O)OC. The van der Waals surface area contributed by atoms with Crippen molar-refractivity contribution in [2.75, 3.05) is 20.8 Å². The third-order valence-corrected chi connectivity index (χ3v) is 1.11. The third kappa shape index (κ3) is 3.70. The molecule has 0 atom stereocenters. The van der Waals surface area contributed by atoms with E-state index in [1.54, 1.807) is 0 Å². The van der Waals surface area contributed by atoms with Crippen LogP contribution in [-0.4, -0.2) is 38.5 Å². The van der Waals surface area contributed by atoms with E-state index >= 15 is 0 Å². The highest BCUT2D eigenvalue weighted by molar-refractivity contribution is 6.62. The van der Waals surface area contributed by atoms with Crippen molar-refractivity contribution < 1.29 is 23.9 Å². The average Bonchev–Trinajstić information content (AvgIpc) is 2.22. The Balaban J connectivity index is 4.53. The van der Waals surface area contributed by atoms with Crippen molar-refractivity contribution in [3.05, 3.63) is 12.7 Å². The molecule has 0 aromatic rings. The predicted molar refractivity (Wildman–Crippen MR) is 47.6 cm³/mol. The predicted octanol–water partition coefficient (Wildman–Crippen LogP) is -0.109. The van der Waals surface area contributed by atoms with Crippen LogP contribution in [0.5, 0.6) is 0 Å². The molecule has 0 rings (SSSR count). The first-order valence-electron chi connectivity index (χ1n) is 3.64. The summed E-state index contributed by atoms with van der Waals surface area (Å²) in [6.45, 7) is 3.44. The summed E-state index contributed by atoms with van der Waals surface area (Å²) in [7, 11) is 2.24. The fourth-order valence-electron chi connectivity index (χ4n) is 0.506. The van der Waals surface area contributed by atoms with E-state index in [0.717, 1.165) is 14.2 Å². The molecule has 0 aliphatic rings. The maximum Gasteiger partial charge on any atom is 0.367 e. The standard InChI is InChI=1S/C8H11NO5/c1-4-5-14-9-6(7(10)12-2)8(11)13-3/h4H,1,5H2,2-3H3. The molecular formula is C8H11NO5. The Bertz CT molecular complexity index is 240. The molecule has 0 heterocycles. The Labute approximate surface area is 81.1 Å². The second kappa shape index (κ2) is 6.64. The Morgan fingerprint density at radius 2 is 1.79 bits per heavy atom. The Hall–Kier alpha value is -1.85. The molecule has 0 bridgehead atoms. The molecule has 0 saturated carbocycles. The van der Waals surface area contributed by atoms with E-state index < -0.39 is 17.7 Å². The smallest absolute Gasteiger partial charge is 0.367 e. The van der Waals surface area contributed by atoms with Gasteiger partial charge in [0, 0.05) is 0 Å². The minimum atomic E-state index is -0.916. The van der Waals surface area contributed by atoms with Crippen LogP contribution in [0, 0.1) is 0 Å². The first-order valence-corrected chi connectivity index (χ1v) is 3.64. The molecule has 0 N–H and O–H groups in total. The molecule has 0 unspecified atom stereocenters. The van der Waals surface area contributed by atoms with E-state index in [1.807, 2.05) is 0 Å². The number of rotatable bonds is 5. The summed E-state index contributed by atoms with van der Waals surface area (Å²) in [5, 5.41) is 3.25. The molecule has 6 nitrogen and oxygen atoms in total. The van der Waals surface area contributed by atoms with Crippen LogP contribution in [0.3, 0.4) is 0 Å². The fraction of sp³-hybridized carbons (Fsp3) is 0.375. The minimum absolute atomic E-state index is 0.0808. The van der Waals surface area contributed by atoms with E-state index in [0.29, 0.717) is 0 Å². The zero-order chi connectivity index (χ0) is 11.0. The summed E-state index contributed by atoms with van der Waals surface area (Å²) < 4.78 is 8.58. The van der Waals surface area contributed by atoms with Crippen LogP contribution < -0.4 is 0 Å². The number of oxime groups is 1. The summed E-state index contributed by atoms with van der Waals surface area (Å²) in [6, 6.07) is 0. The highest BCUT2D eigenvalue weighted by Gasteiger charge is 2.23. The summed E-state index contributed by atoms with van der Waals surface area (Å²) in [5.41, 5.74) is -0.545. The van der Waals surface area contributed by atoms with Gasteiger partial charge in [0.05, 0.1) is 14.2 Å². The topological polar surface area (TPSA) is 74.2 Å². The van der Waals surface area contributed by atoms with Crippen molar-refractivity contribution >= 4 is 17.7 Å². The van der Waals surface area contributed by atoms with Crippen LogP contribution in [0.25, 0.3) is 0 Å². The van der Waals surface area contributed by atoms with Crippen LogP contribution in [-0.2, 0) is 23.9 Å². The van der Waals surface area contributed by atoms with Gasteiger partial charge in [-0.2, -0.15) is 0 Å². The molecule has 0 fully saturated rings. The van der Waals surface area contributed by atoms with Crippen LogP contribution in [0.1, 0.15) is 0 Å². The quantitative estimate of drug-likeness (QED) is 0.155.